The van der Waals surface area contributed by atoms with E-state index in [4.69, 9.17) is 18.9 Å². The molecule has 1 aromatic heterocycles. The van der Waals surface area contributed by atoms with Gasteiger partial charge in [0.15, 0.2) is 11.9 Å². The quantitative estimate of drug-likeness (QED) is 0.302. The maximum absolute atomic E-state index is 14.5. The third-order valence-corrected chi connectivity index (χ3v) is 6.36. The van der Waals surface area contributed by atoms with Crippen molar-refractivity contribution in [1.29, 1.82) is 0 Å². The Bertz CT molecular complexity index is 1550. The van der Waals surface area contributed by atoms with E-state index in [0.717, 1.165) is 22.9 Å². The van der Waals surface area contributed by atoms with Crippen LogP contribution in [0.4, 0.5) is 14.5 Å². The van der Waals surface area contributed by atoms with Crippen LogP contribution in [-0.4, -0.2) is 35.3 Å². The SMILES string of the molecule is CCOc1nc2c(F)cc(F)cc2n1-c1cccc2c1OC[C@H]2Nc1ccc2c(c1)OC[C@H]2OC(C)=O.[H-].[Na+]. The number of ether oxygens (including phenoxy) is 4. The molecule has 4 aromatic rings. The van der Waals surface area contributed by atoms with Crippen LogP contribution in [0.3, 0.4) is 0 Å². The molecule has 0 bridgehead atoms. The molecule has 0 spiro atoms. The summed E-state index contributed by atoms with van der Waals surface area (Å²) < 4.78 is 53.0. The normalized spacial score (nSPS) is 17.2. The summed E-state index contributed by atoms with van der Waals surface area (Å²) in [4.78, 5) is 15.6. The number of hydrogen-bond donors (Lipinski definition) is 1. The third kappa shape index (κ3) is 4.57. The Labute approximate surface area is 240 Å². The molecule has 0 radical (unpaired) electrons. The molecule has 3 heterocycles. The molecule has 0 amide bonds. The van der Waals surface area contributed by atoms with Gasteiger partial charge >= 0.3 is 41.5 Å². The number of carbonyl (C=O) groups excluding carboxylic acids is 1. The number of rotatable bonds is 6. The number of para-hydroxylation sites is 1. The van der Waals surface area contributed by atoms with Gasteiger partial charge in [0.05, 0.1) is 23.9 Å². The first-order valence-corrected chi connectivity index (χ1v) is 11.9. The first-order chi connectivity index (χ1) is 17.9. The second-order valence-corrected chi connectivity index (χ2v) is 8.78. The minimum Gasteiger partial charge on any atom is -1.00 e. The van der Waals surface area contributed by atoms with Crippen LogP contribution in [0.25, 0.3) is 16.7 Å². The summed E-state index contributed by atoms with van der Waals surface area (Å²) in [5, 5.41) is 3.46. The van der Waals surface area contributed by atoms with Gasteiger partial charge in [-0.2, -0.15) is 4.98 Å². The van der Waals surface area contributed by atoms with E-state index in [2.05, 4.69) is 10.3 Å². The van der Waals surface area contributed by atoms with E-state index in [9.17, 15) is 13.6 Å². The summed E-state index contributed by atoms with van der Waals surface area (Å²) >= 11 is 0. The third-order valence-electron chi connectivity index (χ3n) is 6.36. The fourth-order valence-corrected chi connectivity index (χ4v) is 4.84. The number of hydrogen-bond acceptors (Lipinski definition) is 7. The smallest absolute Gasteiger partial charge is 1.00 e. The number of fused-ring (bicyclic) bond motifs is 3. The molecule has 0 saturated carbocycles. The van der Waals surface area contributed by atoms with E-state index < -0.39 is 17.7 Å². The van der Waals surface area contributed by atoms with E-state index >= 15 is 0 Å². The molecule has 6 rings (SSSR count). The number of anilines is 1. The molecule has 8 nitrogen and oxygen atoms in total. The van der Waals surface area contributed by atoms with E-state index in [1.165, 1.54) is 13.0 Å². The van der Waals surface area contributed by atoms with Crippen molar-refractivity contribution in [3.8, 4) is 23.2 Å². The Balaban J connectivity index is 0.00000176. The number of esters is 1. The average Bonchev–Trinajstić information content (AvgIpc) is 3.55. The standard InChI is InChI=1S/C27H23F2N3O5.Na.H/c1-3-34-27-31-25-19(29)9-15(28)10-22(25)32(27)21-6-4-5-17-20(12-36-26(17)21)30-16-7-8-18-23(11-16)35-13-24(18)37-14(2)33;;/h4-11,20,24,30H,3,12-13H2,1-2H3;;/q;+1;-1/t20-,24-;;/m1../s1. The van der Waals surface area contributed by atoms with Crippen LogP contribution >= 0.6 is 0 Å². The summed E-state index contributed by atoms with van der Waals surface area (Å²) in [6, 6.07) is 13.2. The molecule has 11 heteroatoms. The summed E-state index contributed by atoms with van der Waals surface area (Å²) in [6.07, 6.45) is -0.418. The van der Waals surface area contributed by atoms with Gasteiger partial charge in [-0.05, 0) is 25.1 Å². The Morgan fingerprint density at radius 2 is 2.00 bits per heavy atom. The summed E-state index contributed by atoms with van der Waals surface area (Å²) in [6.45, 7) is 4.07. The predicted octanol–water partition coefficient (Wildman–Crippen LogP) is 2.36. The van der Waals surface area contributed by atoms with Gasteiger partial charge in [0.1, 0.15) is 36.0 Å². The molecule has 2 aliphatic rings. The van der Waals surface area contributed by atoms with Gasteiger partial charge in [-0.3, -0.25) is 9.36 Å². The molecule has 2 atom stereocenters. The van der Waals surface area contributed by atoms with Crippen LogP contribution in [0.5, 0.6) is 17.5 Å². The Kier molecular flexibility index (Phi) is 7.21. The number of aromatic nitrogens is 2. The first kappa shape index (κ1) is 26.3. The summed E-state index contributed by atoms with van der Waals surface area (Å²) in [5.74, 6) is -0.617. The fraction of sp³-hybridized carbons (Fsp3) is 0.259. The minimum absolute atomic E-state index is 0. The summed E-state index contributed by atoms with van der Waals surface area (Å²) in [7, 11) is 0. The second-order valence-electron chi connectivity index (χ2n) is 8.78. The van der Waals surface area contributed by atoms with Gasteiger partial charge in [0.2, 0.25) is 0 Å². The van der Waals surface area contributed by atoms with Gasteiger partial charge in [-0.1, -0.05) is 12.1 Å². The van der Waals surface area contributed by atoms with Gasteiger partial charge in [-0.25, -0.2) is 8.78 Å². The summed E-state index contributed by atoms with van der Waals surface area (Å²) in [5.41, 5.74) is 3.33. The van der Waals surface area contributed by atoms with Crippen molar-refractivity contribution < 1.29 is 63.5 Å². The molecule has 0 aliphatic carbocycles. The zero-order valence-electron chi connectivity index (χ0n) is 22.1. The van der Waals surface area contributed by atoms with Crippen LogP contribution < -0.4 is 49.1 Å². The second kappa shape index (κ2) is 10.4. The zero-order valence-corrected chi connectivity index (χ0v) is 23.1. The molecular weight excluding hydrogens is 507 g/mol. The van der Waals surface area contributed by atoms with Crippen molar-refractivity contribution in [2.75, 3.05) is 25.1 Å². The van der Waals surface area contributed by atoms with Crippen LogP contribution in [0.1, 0.15) is 38.5 Å². The fourth-order valence-electron chi connectivity index (χ4n) is 4.84. The van der Waals surface area contributed by atoms with Gasteiger partial charge in [0.25, 0.3) is 0 Å². The first-order valence-electron chi connectivity index (χ1n) is 11.9. The molecule has 38 heavy (non-hydrogen) atoms. The maximum Gasteiger partial charge on any atom is 1.00 e. The molecule has 3 aromatic carbocycles. The van der Waals surface area contributed by atoms with Crippen LogP contribution in [0, 0.1) is 11.6 Å². The monoisotopic (exact) mass is 531 g/mol. The van der Waals surface area contributed by atoms with Crippen molar-refractivity contribution in [2.45, 2.75) is 26.0 Å². The van der Waals surface area contributed by atoms with E-state index in [-0.39, 0.29) is 66.6 Å². The molecule has 1 N–H and O–H groups in total. The molecule has 2 aliphatic heterocycles. The van der Waals surface area contributed by atoms with Crippen LogP contribution in [0.2, 0.25) is 0 Å². The van der Waals surface area contributed by atoms with Crippen LogP contribution in [-0.2, 0) is 9.53 Å². The van der Waals surface area contributed by atoms with Crippen molar-refractivity contribution in [3.05, 3.63) is 71.3 Å². The van der Waals surface area contributed by atoms with Crippen LogP contribution in [0.15, 0.2) is 48.5 Å². The van der Waals surface area contributed by atoms with Crippen molar-refractivity contribution >= 4 is 22.7 Å². The number of imidazole rings is 1. The molecule has 192 valence electrons. The zero-order chi connectivity index (χ0) is 25.7. The number of nitrogens with zero attached hydrogens (tertiary/aromatic N) is 2. The van der Waals surface area contributed by atoms with Crippen molar-refractivity contribution in [2.24, 2.45) is 0 Å². The van der Waals surface area contributed by atoms with E-state index in [1.807, 2.05) is 30.3 Å². The van der Waals surface area contributed by atoms with Crippen molar-refractivity contribution in [1.82, 2.24) is 9.55 Å². The van der Waals surface area contributed by atoms with E-state index in [0.29, 0.717) is 30.4 Å². The molecule has 0 unspecified atom stereocenters. The van der Waals surface area contributed by atoms with E-state index in [1.54, 1.807) is 17.6 Å². The maximum atomic E-state index is 14.5. The molecular formula is C27H24F2N3NaO5. The Morgan fingerprint density at radius 1 is 1.16 bits per heavy atom. The number of halogens is 2. The minimum atomic E-state index is -0.766. The topological polar surface area (TPSA) is 83.8 Å². The van der Waals surface area contributed by atoms with Gasteiger partial charge in [0, 0.05) is 41.9 Å². The Morgan fingerprint density at radius 3 is 2.79 bits per heavy atom. The Hall–Kier alpha value is -3.34. The largest absolute Gasteiger partial charge is 1.00 e. The van der Waals surface area contributed by atoms with Gasteiger partial charge < -0.3 is 25.7 Å². The van der Waals surface area contributed by atoms with Crippen molar-refractivity contribution in [3.63, 3.8) is 0 Å². The van der Waals surface area contributed by atoms with Gasteiger partial charge in [-0.15, -0.1) is 0 Å². The number of carbonyl (C=O) groups is 1. The number of nitrogens with one attached hydrogen (secondary N) is 1. The predicted molar refractivity (Wildman–Crippen MR) is 132 cm³/mol. The average molecular weight is 531 g/mol. The number of benzene rings is 3. The molecule has 0 fully saturated rings. The molecule has 0 saturated heterocycles.